The predicted octanol–water partition coefficient (Wildman–Crippen LogP) is 2.56. The Hall–Kier alpha value is -0.0400. The van der Waals surface area contributed by atoms with Crippen LogP contribution >= 0.6 is 0 Å². The zero-order chi connectivity index (χ0) is 8.04. The molecular formula is C9H21N. The van der Waals surface area contributed by atoms with Crippen LogP contribution in [0.5, 0.6) is 0 Å². The Kier molecular flexibility index (Phi) is 4.71. The van der Waals surface area contributed by atoms with E-state index in [1.54, 1.807) is 0 Å². The van der Waals surface area contributed by atoms with Crippen molar-refractivity contribution < 1.29 is 0 Å². The van der Waals surface area contributed by atoms with E-state index < -0.39 is 0 Å². The van der Waals surface area contributed by atoms with Crippen molar-refractivity contribution in [1.29, 1.82) is 0 Å². The Morgan fingerprint density at radius 2 is 1.60 bits per heavy atom. The van der Waals surface area contributed by atoms with Crippen molar-refractivity contribution in [1.82, 2.24) is 5.32 Å². The van der Waals surface area contributed by atoms with E-state index in [1.807, 2.05) is 0 Å². The van der Waals surface area contributed by atoms with Crippen LogP contribution in [0.1, 0.15) is 47.0 Å². The van der Waals surface area contributed by atoms with Crippen LogP contribution in [0.2, 0.25) is 0 Å². The van der Waals surface area contributed by atoms with Gasteiger partial charge in [0.1, 0.15) is 0 Å². The first kappa shape index (κ1) is 9.96. The van der Waals surface area contributed by atoms with Gasteiger partial charge in [-0.3, -0.25) is 0 Å². The monoisotopic (exact) mass is 143 g/mol. The predicted molar refractivity (Wildman–Crippen MR) is 47.3 cm³/mol. The van der Waals surface area contributed by atoms with Crippen LogP contribution in [0.15, 0.2) is 0 Å². The highest BCUT2D eigenvalue weighted by molar-refractivity contribution is 4.78. The minimum absolute atomic E-state index is 0.385. The molecule has 62 valence electrons. The van der Waals surface area contributed by atoms with Gasteiger partial charge in [-0.15, -0.1) is 0 Å². The second kappa shape index (κ2) is 4.73. The molecule has 0 aliphatic rings. The lowest BCUT2D eigenvalue weighted by molar-refractivity contribution is 0.333. The second-order valence-electron chi connectivity index (χ2n) is 3.19. The lowest BCUT2D eigenvalue weighted by Crippen LogP contribution is -2.41. The number of rotatable bonds is 5. The van der Waals surface area contributed by atoms with E-state index in [0.717, 1.165) is 6.54 Å². The average molecular weight is 143 g/mol. The summed E-state index contributed by atoms with van der Waals surface area (Å²) in [5.74, 6) is 0. The topological polar surface area (TPSA) is 12.0 Å². The zero-order valence-electron chi connectivity index (χ0n) is 7.83. The van der Waals surface area contributed by atoms with Gasteiger partial charge in [0.05, 0.1) is 0 Å². The third kappa shape index (κ3) is 3.21. The summed E-state index contributed by atoms with van der Waals surface area (Å²) in [6.45, 7) is 10.1. The molecule has 0 amide bonds. The summed E-state index contributed by atoms with van der Waals surface area (Å²) in [5, 5.41) is 3.55. The zero-order valence-corrected chi connectivity index (χ0v) is 7.83. The highest BCUT2D eigenvalue weighted by Gasteiger charge is 2.16. The molecule has 10 heavy (non-hydrogen) atoms. The average Bonchev–Trinajstić information content (AvgIpc) is 2.00. The number of nitrogens with one attached hydrogen (secondary N) is 1. The van der Waals surface area contributed by atoms with Gasteiger partial charge in [-0.25, -0.2) is 0 Å². The van der Waals surface area contributed by atoms with Gasteiger partial charge in [0.15, 0.2) is 0 Å². The third-order valence-electron chi connectivity index (χ3n) is 2.36. The summed E-state index contributed by atoms with van der Waals surface area (Å²) in [6, 6.07) is 0. The van der Waals surface area contributed by atoms with Crippen LogP contribution in [0.25, 0.3) is 0 Å². The van der Waals surface area contributed by atoms with Crippen LogP contribution in [-0.4, -0.2) is 12.1 Å². The van der Waals surface area contributed by atoms with Crippen molar-refractivity contribution in [3.8, 4) is 0 Å². The quantitative estimate of drug-likeness (QED) is 0.623. The van der Waals surface area contributed by atoms with Gasteiger partial charge < -0.3 is 5.32 Å². The van der Waals surface area contributed by atoms with E-state index in [2.05, 4.69) is 33.0 Å². The fourth-order valence-corrected chi connectivity index (χ4v) is 0.927. The van der Waals surface area contributed by atoms with Crippen molar-refractivity contribution in [2.45, 2.75) is 52.5 Å². The molecule has 0 bridgehead atoms. The molecule has 0 saturated carbocycles. The fourth-order valence-electron chi connectivity index (χ4n) is 0.927. The Bertz CT molecular complexity index is 74.8. The van der Waals surface area contributed by atoms with E-state index in [1.165, 1.54) is 19.3 Å². The molecule has 0 unspecified atom stereocenters. The summed E-state index contributed by atoms with van der Waals surface area (Å²) in [6.07, 6.45) is 3.68. The van der Waals surface area contributed by atoms with Gasteiger partial charge in [0.2, 0.25) is 0 Å². The molecular weight excluding hydrogens is 122 g/mol. The molecule has 1 N–H and O–H groups in total. The minimum Gasteiger partial charge on any atom is -0.312 e. The van der Waals surface area contributed by atoms with E-state index in [0.29, 0.717) is 5.54 Å². The maximum absolute atomic E-state index is 3.55. The van der Waals surface area contributed by atoms with Crippen molar-refractivity contribution in [2.24, 2.45) is 0 Å². The lowest BCUT2D eigenvalue weighted by atomic mass is 9.95. The Morgan fingerprint density at radius 3 is 1.90 bits per heavy atom. The van der Waals surface area contributed by atoms with Gasteiger partial charge >= 0.3 is 0 Å². The summed E-state index contributed by atoms with van der Waals surface area (Å²) < 4.78 is 0. The molecule has 0 aliphatic heterocycles. The van der Waals surface area contributed by atoms with E-state index in [9.17, 15) is 0 Å². The van der Waals surface area contributed by atoms with Crippen LogP contribution in [0.3, 0.4) is 0 Å². The second-order valence-corrected chi connectivity index (χ2v) is 3.19. The molecule has 1 heteroatoms. The molecule has 0 aromatic heterocycles. The summed E-state index contributed by atoms with van der Waals surface area (Å²) in [7, 11) is 0. The largest absolute Gasteiger partial charge is 0.312 e. The standard InChI is InChI=1S/C9H21N/c1-5-8-10-9(4,6-2)7-3/h10H,5-8H2,1-4H3. The summed E-state index contributed by atoms with van der Waals surface area (Å²) >= 11 is 0. The van der Waals surface area contributed by atoms with Gasteiger partial charge in [0, 0.05) is 5.54 Å². The van der Waals surface area contributed by atoms with Crippen LogP contribution in [0.4, 0.5) is 0 Å². The molecule has 0 spiro atoms. The van der Waals surface area contributed by atoms with Crippen LogP contribution in [0, 0.1) is 0 Å². The number of hydrogen-bond donors (Lipinski definition) is 1. The summed E-state index contributed by atoms with van der Waals surface area (Å²) in [4.78, 5) is 0. The smallest absolute Gasteiger partial charge is 0.0148 e. The maximum Gasteiger partial charge on any atom is 0.0148 e. The van der Waals surface area contributed by atoms with Gasteiger partial charge in [0.25, 0.3) is 0 Å². The Morgan fingerprint density at radius 1 is 1.10 bits per heavy atom. The van der Waals surface area contributed by atoms with Crippen molar-refractivity contribution >= 4 is 0 Å². The normalized spacial score (nSPS) is 12.0. The molecule has 0 saturated heterocycles. The van der Waals surface area contributed by atoms with Gasteiger partial charge in [-0.1, -0.05) is 20.8 Å². The first-order chi connectivity index (χ1) is 4.68. The minimum atomic E-state index is 0.385. The van der Waals surface area contributed by atoms with Gasteiger partial charge in [-0.05, 0) is 32.7 Å². The Balaban J connectivity index is 3.58. The molecule has 0 radical (unpaired) electrons. The SMILES string of the molecule is CCCNC(C)(CC)CC. The van der Waals surface area contributed by atoms with E-state index in [-0.39, 0.29) is 0 Å². The molecule has 0 aromatic rings. The first-order valence-electron chi connectivity index (χ1n) is 4.43. The Labute approximate surface area is 65.2 Å². The van der Waals surface area contributed by atoms with Crippen LogP contribution in [-0.2, 0) is 0 Å². The molecule has 0 rings (SSSR count). The highest BCUT2D eigenvalue weighted by Crippen LogP contribution is 2.12. The number of hydrogen-bond acceptors (Lipinski definition) is 1. The van der Waals surface area contributed by atoms with E-state index in [4.69, 9.17) is 0 Å². The molecule has 1 nitrogen and oxygen atoms in total. The molecule has 0 aromatic carbocycles. The molecule has 0 aliphatic carbocycles. The van der Waals surface area contributed by atoms with Crippen molar-refractivity contribution in [3.05, 3.63) is 0 Å². The molecule has 0 heterocycles. The first-order valence-corrected chi connectivity index (χ1v) is 4.43. The van der Waals surface area contributed by atoms with Crippen LogP contribution < -0.4 is 5.32 Å². The molecule has 0 fully saturated rings. The lowest BCUT2D eigenvalue weighted by Gasteiger charge is -2.28. The fraction of sp³-hybridized carbons (Fsp3) is 1.00. The van der Waals surface area contributed by atoms with Gasteiger partial charge in [-0.2, -0.15) is 0 Å². The third-order valence-corrected chi connectivity index (χ3v) is 2.36. The highest BCUT2D eigenvalue weighted by atomic mass is 14.9. The molecule has 0 atom stereocenters. The maximum atomic E-state index is 3.55. The van der Waals surface area contributed by atoms with E-state index >= 15 is 0 Å². The summed E-state index contributed by atoms with van der Waals surface area (Å²) in [5.41, 5.74) is 0.385. The van der Waals surface area contributed by atoms with Crippen molar-refractivity contribution in [3.63, 3.8) is 0 Å². The van der Waals surface area contributed by atoms with Crippen molar-refractivity contribution in [2.75, 3.05) is 6.54 Å².